The maximum Gasteiger partial charge on any atom is 0.254 e. The molecule has 1 aliphatic rings. The number of nitrogens with one attached hydrogen (secondary N) is 2. The smallest absolute Gasteiger partial charge is 0.254 e. The molecule has 2 heterocycles. The molecule has 0 aromatic carbocycles. The molecule has 1 unspecified atom stereocenters. The Morgan fingerprint density at radius 3 is 2.88 bits per heavy atom. The number of aryl methyl sites for hydroxylation is 1. The van der Waals surface area contributed by atoms with Crippen molar-refractivity contribution in [3.63, 3.8) is 0 Å². The number of H-pyrrole nitrogens is 1. The number of rotatable bonds is 4. The minimum absolute atomic E-state index is 0.0389. The van der Waals surface area contributed by atoms with E-state index < -0.39 is 0 Å². The Hall–Kier alpha value is -1.36. The maximum atomic E-state index is 11.9. The highest BCUT2D eigenvalue weighted by Crippen LogP contribution is 2.08. The van der Waals surface area contributed by atoms with Crippen molar-refractivity contribution < 1.29 is 4.79 Å². The molecule has 5 nitrogen and oxygen atoms in total. The van der Waals surface area contributed by atoms with Crippen molar-refractivity contribution in [1.82, 2.24) is 20.4 Å². The number of amides is 1. The van der Waals surface area contributed by atoms with E-state index in [9.17, 15) is 4.79 Å². The highest BCUT2D eigenvalue weighted by atomic mass is 16.1. The molecule has 0 radical (unpaired) electrons. The summed E-state index contributed by atoms with van der Waals surface area (Å²) in [6.07, 6.45) is 4.14. The molecule has 0 bridgehead atoms. The number of aromatic amines is 1. The lowest BCUT2D eigenvalue weighted by molar-refractivity contribution is 0.0931. The summed E-state index contributed by atoms with van der Waals surface area (Å²) in [4.78, 5) is 14.3. The molecular weight excluding hydrogens is 216 g/mol. The van der Waals surface area contributed by atoms with Crippen LogP contribution in [0.3, 0.4) is 0 Å². The molecule has 1 atom stereocenters. The molecule has 94 valence electrons. The fourth-order valence-corrected chi connectivity index (χ4v) is 2.28. The largest absolute Gasteiger partial charge is 0.348 e. The summed E-state index contributed by atoms with van der Waals surface area (Å²) in [6, 6.07) is 0.176. The van der Waals surface area contributed by atoms with Crippen molar-refractivity contribution in [3.8, 4) is 0 Å². The van der Waals surface area contributed by atoms with Gasteiger partial charge >= 0.3 is 0 Å². The van der Waals surface area contributed by atoms with Gasteiger partial charge in [0.05, 0.1) is 11.8 Å². The van der Waals surface area contributed by atoms with E-state index in [4.69, 9.17) is 0 Å². The van der Waals surface area contributed by atoms with Gasteiger partial charge in [-0.3, -0.25) is 9.89 Å². The van der Waals surface area contributed by atoms with Crippen LogP contribution in [-0.2, 0) is 0 Å². The molecule has 1 saturated heterocycles. The van der Waals surface area contributed by atoms with E-state index in [1.165, 1.54) is 12.8 Å². The molecule has 1 aromatic rings. The first kappa shape index (κ1) is 12.1. The van der Waals surface area contributed by atoms with Crippen LogP contribution in [-0.4, -0.2) is 46.7 Å². The molecule has 1 aromatic heterocycles. The summed E-state index contributed by atoms with van der Waals surface area (Å²) < 4.78 is 0. The predicted octanol–water partition coefficient (Wildman–Crippen LogP) is 0.932. The number of carbonyl (C=O) groups is 1. The summed E-state index contributed by atoms with van der Waals surface area (Å²) in [5.74, 6) is -0.0389. The van der Waals surface area contributed by atoms with Crippen molar-refractivity contribution in [1.29, 1.82) is 0 Å². The second-order valence-corrected chi connectivity index (χ2v) is 4.79. The summed E-state index contributed by atoms with van der Waals surface area (Å²) in [5, 5.41) is 9.64. The molecular formula is C12H20N4O. The van der Waals surface area contributed by atoms with Crippen molar-refractivity contribution in [2.75, 3.05) is 19.6 Å². The first-order valence-corrected chi connectivity index (χ1v) is 6.20. The first-order chi connectivity index (χ1) is 8.16. The van der Waals surface area contributed by atoms with E-state index in [0.29, 0.717) is 5.56 Å². The molecule has 2 rings (SSSR count). The zero-order valence-electron chi connectivity index (χ0n) is 10.5. The highest BCUT2D eigenvalue weighted by molar-refractivity contribution is 5.95. The summed E-state index contributed by atoms with van der Waals surface area (Å²) in [5.41, 5.74) is 1.45. The SMILES string of the molecule is Cc1[nH]ncc1C(=O)NC(C)CN1CCCC1. The third kappa shape index (κ3) is 3.06. The second-order valence-electron chi connectivity index (χ2n) is 4.79. The molecule has 0 aliphatic carbocycles. The average molecular weight is 236 g/mol. The lowest BCUT2D eigenvalue weighted by Crippen LogP contribution is -2.41. The second kappa shape index (κ2) is 5.31. The fraction of sp³-hybridized carbons (Fsp3) is 0.667. The first-order valence-electron chi connectivity index (χ1n) is 6.20. The van der Waals surface area contributed by atoms with E-state index in [0.717, 1.165) is 25.3 Å². The van der Waals surface area contributed by atoms with Crippen molar-refractivity contribution in [2.24, 2.45) is 0 Å². The number of likely N-dealkylation sites (tertiary alicyclic amines) is 1. The zero-order chi connectivity index (χ0) is 12.3. The van der Waals surface area contributed by atoms with Crippen molar-refractivity contribution in [3.05, 3.63) is 17.5 Å². The number of carbonyl (C=O) groups excluding carboxylic acids is 1. The molecule has 1 amide bonds. The Bertz CT molecular complexity index is 382. The van der Waals surface area contributed by atoms with Crippen LogP contribution >= 0.6 is 0 Å². The molecule has 17 heavy (non-hydrogen) atoms. The van der Waals surface area contributed by atoms with E-state index in [2.05, 4.69) is 20.4 Å². The Labute approximate surface area is 102 Å². The molecule has 1 aliphatic heterocycles. The average Bonchev–Trinajstić information content (AvgIpc) is 2.88. The summed E-state index contributed by atoms with van der Waals surface area (Å²) >= 11 is 0. The van der Waals surface area contributed by atoms with Gasteiger partial charge in [-0.2, -0.15) is 5.10 Å². The molecule has 5 heteroatoms. The Morgan fingerprint density at radius 2 is 2.29 bits per heavy atom. The van der Waals surface area contributed by atoms with Crippen LogP contribution in [0.5, 0.6) is 0 Å². The Kier molecular flexibility index (Phi) is 3.78. The quantitative estimate of drug-likeness (QED) is 0.817. The van der Waals surface area contributed by atoms with Crippen LogP contribution in [0.2, 0.25) is 0 Å². The topological polar surface area (TPSA) is 61.0 Å². The predicted molar refractivity (Wildman–Crippen MR) is 65.9 cm³/mol. The summed E-state index contributed by atoms with van der Waals surface area (Å²) in [6.45, 7) is 7.15. The third-order valence-corrected chi connectivity index (χ3v) is 3.18. The van der Waals surface area contributed by atoms with E-state index in [1.54, 1.807) is 6.20 Å². The number of hydrogen-bond acceptors (Lipinski definition) is 3. The molecule has 0 spiro atoms. The maximum absolute atomic E-state index is 11.9. The minimum Gasteiger partial charge on any atom is -0.348 e. The van der Waals surface area contributed by atoms with E-state index >= 15 is 0 Å². The standard InChI is InChI=1S/C12H20N4O/c1-9(8-16-5-3-4-6-16)14-12(17)11-7-13-15-10(11)2/h7,9H,3-6,8H2,1-2H3,(H,13,15)(H,14,17). The van der Waals surface area contributed by atoms with Crippen molar-refractivity contribution >= 4 is 5.91 Å². The Balaban J connectivity index is 1.83. The van der Waals surface area contributed by atoms with E-state index in [-0.39, 0.29) is 11.9 Å². The van der Waals surface area contributed by atoms with Crippen LogP contribution in [0.1, 0.15) is 35.8 Å². The van der Waals surface area contributed by atoms with Crippen LogP contribution in [0, 0.1) is 6.92 Å². The van der Waals surface area contributed by atoms with Crippen molar-refractivity contribution in [2.45, 2.75) is 32.7 Å². The minimum atomic E-state index is -0.0389. The van der Waals surface area contributed by atoms with Gasteiger partial charge in [-0.15, -0.1) is 0 Å². The lowest BCUT2D eigenvalue weighted by Gasteiger charge is -2.21. The van der Waals surface area contributed by atoms with Gasteiger partial charge in [0.15, 0.2) is 0 Å². The van der Waals surface area contributed by atoms with Gasteiger partial charge in [-0.05, 0) is 39.8 Å². The van der Waals surface area contributed by atoms with Crippen LogP contribution in [0.15, 0.2) is 6.20 Å². The van der Waals surface area contributed by atoms with Gasteiger partial charge in [0.25, 0.3) is 5.91 Å². The van der Waals surface area contributed by atoms with Gasteiger partial charge in [-0.25, -0.2) is 0 Å². The van der Waals surface area contributed by atoms with Gasteiger partial charge in [-0.1, -0.05) is 0 Å². The van der Waals surface area contributed by atoms with Crippen LogP contribution in [0.25, 0.3) is 0 Å². The molecule has 2 N–H and O–H groups in total. The van der Waals surface area contributed by atoms with Crippen LogP contribution < -0.4 is 5.32 Å². The number of hydrogen-bond donors (Lipinski definition) is 2. The fourth-order valence-electron chi connectivity index (χ4n) is 2.28. The van der Waals surface area contributed by atoms with Gasteiger partial charge in [0, 0.05) is 18.3 Å². The number of nitrogens with zero attached hydrogens (tertiary/aromatic N) is 2. The van der Waals surface area contributed by atoms with Gasteiger partial charge in [0.2, 0.25) is 0 Å². The van der Waals surface area contributed by atoms with E-state index in [1.807, 2.05) is 13.8 Å². The van der Waals surface area contributed by atoms with Gasteiger partial charge < -0.3 is 10.2 Å². The third-order valence-electron chi connectivity index (χ3n) is 3.18. The highest BCUT2D eigenvalue weighted by Gasteiger charge is 2.17. The monoisotopic (exact) mass is 236 g/mol. The molecule has 0 saturated carbocycles. The number of aromatic nitrogens is 2. The molecule has 1 fully saturated rings. The van der Waals surface area contributed by atoms with Gasteiger partial charge in [0.1, 0.15) is 0 Å². The van der Waals surface area contributed by atoms with Crippen LogP contribution in [0.4, 0.5) is 0 Å². The lowest BCUT2D eigenvalue weighted by atomic mass is 10.2. The zero-order valence-corrected chi connectivity index (χ0v) is 10.5. The normalized spacial score (nSPS) is 18.2. The summed E-state index contributed by atoms with van der Waals surface area (Å²) in [7, 11) is 0. The Morgan fingerprint density at radius 1 is 1.59 bits per heavy atom.